The fourth-order valence-corrected chi connectivity index (χ4v) is 2.29. The van der Waals surface area contributed by atoms with Gasteiger partial charge in [0, 0.05) is 45.6 Å². The van der Waals surface area contributed by atoms with Crippen LogP contribution in [0.5, 0.6) is 5.88 Å². The number of pyridine rings is 1. The van der Waals surface area contributed by atoms with Crippen LogP contribution in [0.1, 0.15) is 31.7 Å². The van der Waals surface area contributed by atoms with E-state index in [0.717, 1.165) is 43.6 Å². The Morgan fingerprint density at radius 2 is 2.20 bits per heavy atom. The van der Waals surface area contributed by atoms with Crippen LogP contribution in [-0.2, 0) is 11.3 Å². The minimum atomic E-state index is 0. The summed E-state index contributed by atoms with van der Waals surface area (Å²) >= 11 is 0. The van der Waals surface area contributed by atoms with Gasteiger partial charge >= 0.3 is 0 Å². The maximum atomic E-state index is 5.70. The molecule has 0 aromatic carbocycles. The average Bonchev–Trinajstić information content (AvgIpc) is 3.42. The second-order valence-electron chi connectivity index (χ2n) is 6.16. The predicted molar refractivity (Wildman–Crippen MR) is 112 cm³/mol. The topological polar surface area (TPSA) is 59.0 Å². The highest BCUT2D eigenvalue weighted by atomic mass is 127. The number of rotatable bonds is 10. The molecule has 1 saturated carbocycles. The molecule has 0 unspecified atom stereocenters. The Kier molecular flexibility index (Phi) is 10.8. The van der Waals surface area contributed by atoms with Crippen molar-refractivity contribution in [2.24, 2.45) is 10.9 Å². The molecular formula is C18H31IN4O2. The lowest BCUT2D eigenvalue weighted by molar-refractivity contribution is 0.115. The Morgan fingerprint density at radius 3 is 2.88 bits per heavy atom. The number of hydrogen-bond donors (Lipinski definition) is 1. The molecule has 1 heterocycles. The molecule has 0 atom stereocenters. The molecule has 142 valence electrons. The molecule has 2 rings (SSSR count). The van der Waals surface area contributed by atoms with Crippen molar-refractivity contribution in [1.29, 1.82) is 0 Å². The SMILES string of the molecule is CCCOc1ncccc1CNC(=NC)N(C)CCOCC1CC1.I. The fourth-order valence-electron chi connectivity index (χ4n) is 2.29. The van der Waals surface area contributed by atoms with Crippen molar-refractivity contribution in [2.75, 3.05) is 40.5 Å². The molecule has 0 bridgehead atoms. The third-order valence-electron chi connectivity index (χ3n) is 3.92. The summed E-state index contributed by atoms with van der Waals surface area (Å²) in [4.78, 5) is 10.7. The van der Waals surface area contributed by atoms with Gasteiger partial charge in [0.1, 0.15) is 0 Å². The summed E-state index contributed by atoms with van der Waals surface area (Å²) in [6.07, 6.45) is 5.38. The number of aliphatic imine (C=N–C) groups is 1. The number of nitrogens with one attached hydrogen (secondary N) is 1. The Morgan fingerprint density at radius 1 is 1.40 bits per heavy atom. The van der Waals surface area contributed by atoms with E-state index in [1.807, 2.05) is 19.2 Å². The summed E-state index contributed by atoms with van der Waals surface area (Å²) in [6, 6.07) is 3.95. The van der Waals surface area contributed by atoms with Gasteiger partial charge in [-0.3, -0.25) is 4.99 Å². The lowest BCUT2D eigenvalue weighted by Gasteiger charge is -2.22. The summed E-state index contributed by atoms with van der Waals surface area (Å²) < 4.78 is 11.4. The maximum absolute atomic E-state index is 5.70. The normalized spacial score (nSPS) is 14.0. The van der Waals surface area contributed by atoms with Gasteiger partial charge < -0.3 is 19.7 Å². The van der Waals surface area contributed by atoms with Gasteiger partial charge in [0.05, 0.1) is 13.2 Å². The number of likely N-dealkylation sites (N-methyl/N-ethyl adjacent to an activating group) is 1. The van der Waals surface area contributed by atoms with Gasteiger partial charge in [-0.05, 0) is 31.2 Å². The van der Waals surface area contributed by atoms with Crippen molar-refractivity contribution in [3.63, 3.8) is 0 Å². The van der Waals surface area contributed by atoms with Gasteiger partial charge in [0.15, 0.2) is 5.96 Å². The van der Waals surface area contributed by atoms with Crippen molar-refractivity contribution in [2.45, 2.75) is 32.7 Å². The quantitative estimate of drug-likeness (QED) is 0.251. The Hall–Kier alpha value is -1.09. The minimum Gasteiger partial charge on any atom is -0.477 e. The number of guanidine groups is 1. The third-order valence-corrected chi connectivity index (χ3v) is 3.92. The summed E-state index contributed by atoms with van der Waals surface area (Å²) in [5.74, 6) is 2.34. The molecule has 7 heteroatoms. The minimum absolute atomic E-state index is 0. The first-order valence-corrected chi connectivity index (χ1v) is 8.80. The van der Waals surface area contributed by atoms with Crippen molar-refractivity contribution in [3.8, 4) is 5.88 Å². The average molecular weight is 462 g/mol. The Bertz CT molecular complexity index is 524. The summed E-state index contributed by atoms with van der Waals surface area (Å²) in [5, 5.41) is 3.36. The molecule has 25 heavy (non-hydrogen) atoms. The van der Waals surface area contributed by atoms with E-state index in [9.17, 15) is 0 Å². The van der Waals surface area contributed by atoms with Gasteiger partial charge in [0.2, 0.25) is 5.88 Å². The van der Waals surface area contributed by atoms with Crippen LogP contribution in [0.15, 0.2) is 23.3 Å². The largest absolute Gasteiger partial charge is 0.477 e. The molecule has 0 spiro atoms. The van der Waals surface area contributed by atoms with E-state index >= 15 is 0 Å². The zero-order valence-electron chi connectivity index (χ0n) is 15.5. The number of halogens is 1. The lowest BCUT2D eigenvalue weighted by atomic mass is 10.2. The summed E-state index contributed by atoms with van der Waals surface area (Å²) in [5.41, 5.74) is 1.03. The molecule has 0 aliphatic heterocycles. The van der Waals surface area contributed by atoms with Gasteiger partial charge in [-0.2, -0.15) is 0 Å². The molecule has 0 saturated heterocycles. The molecule has 1 aliphatic rings. The highest BCUT2D eigenvalue weighted by Crippen LogP contribution is 2.28. The molecule has 1 aliphatic carbocycles. The molecular weight excluding hydrogens is 431 g/mol. The second-order valence-corrected chi connectivity index (χ2v) is 6.16. The lowest BCUT2D eigenvalue weighted by Crippen LogP contribution is -2.40. The number of nitrogens with zero attached hydrogens (tertiary/aromatic N) is 3. The van der Waals surface area contributed by atoms with Crippen LogP contribution >= 0.6 is 24.0 Å². The van der Waals surface area contributed by atoms with Crippen LogP contribution in [0.3, 0.4) is 0 Å². The highest BCUT2D eigenvalue weighted by Gasteiger charge is 2.21. The van der Waals surface area contributed by atoms with Gasteiger partial charge in [-0.25, -0.2) is 4.98 Å². The summed E-state index contributed by atoms with van der Waals surface area (Å²) in [6.45, 7) is 5.84. The predicted octanol–water partition coefficient (Wildman–Crippen LogP) is 2.92. The number of ether oxygens (including phenoxy) is 2. The zero-order valence-corrected chi connectivity index (χ0v) is 17.9. The van der Waals surface area contributed by atoms with E-state index < -0.39 is 0 Å². The van der Waals surface area contributed by atoms with Crippen LogP contribution in [0.2, 0.25) is 0 Å². The van der Waals surface area contributed by atoms with E-state index in [1.165, 1.54) is 12.8 Å². The van der Waals surface area contributed by atoms with E-state index in [1.54, 1.807) is 13.2 Å². The van der Waals surface area contributed by atoms with E-state index in [0.29, 0.717) is 19.0 Å². The van der Waals surface area contributed by atoms with E-state index in [2.05, 4.69) is 27.1 Å². The highest BCUT2D eigenvalue weighted by molar-refractivity contribution is 14.0. The smallest absolute Gasteiger partial charge is 0.218 e. The fraction of sp³-hybridized carbons (Fsp3) is 0.667. The van der Waals surface area contributed by atoms with Crippen LogP contribution in [0, 0.1) is 5.92 Å². The van der Waals surface area contributed by atoms with Crippen LogP contribution in [-0.4, -0.2) is 56.3 Å². The summed E-state index contributed by atoms with van der Waals surface area (Å²) in [7, 11) is 3.81. The molecule has 1 aromatic rings. The monoisotopic (exact) mass is 462 g/mol. The van der Waals surface area contributed by atoms with Crippen molar-refractivity contribution >= 4 is 29.9 Å². The standard InChI is InChI=1S/C18H30N4O2.HI/c1-4-11-24-17-16(6-5-9-20-17)13-21-18(19-2)22(3)10-12-23-14-15-7-8-15;/h5-6,9,15H,4,7-8,10-14H2,1-3H3,(H,19,21);1H. The van der Waals surface area contributed by atoms with Gasteiger partial charge in [0.25, 0.3) is 0 Å². The van der Waals surface area contributed by atoms with Crippen LogP contribution < -0.4 is 10.1 Å². The van der Waals surface area contributed by atoms with Gasteiger partial charge in [-0.1, -0.05) is 13.0 Å². The molecule has 0 amide bonds. The first-order chi connectivity index (χ1) is 11.7. The van der Waals surface area contributed by atoms with Gasteiger partial charge in [-0.15, -0.1) is 24.0 Å². The van der Waals surface area contributed by atoms with Crippen LogP contribution in [0.25, 0.3) is 0 Å². The van der Waals surface area contributed by atoms with Crippen molar-refractivity contribution in [1.82, 2.24) is 15.2 Å². The molecule has 6 nitrogen and oxygen atoms in total. The molecule has 0 radical (unpaired) electrons. The van der Waals surface area contributed by atoms with Crippen molar-refractivity contribution < 1.29 is 9.47 Å². The second kappa shape index (κ2) is 12.3. The van der Waals surface area contributed by atoms with E-state index in [4.69, 9.17) is 9.47 Å². The first-order valence-electron chi connectivity index (χ1n) is 8.80. The third kappa shape index (κ3) is 8.22. The Balaban J connectivity index is 0.00000312. The Labute approximate surface area is 168 Å². The molecule has 1 fully saturated rings. The zero-order chi connectivity index (χ0) is 17.2. The molecule has 1 aromatic heterocycles. The van der Waals surface area contributed by atoms with Crippen molar-refractivity contribution in [3.05, 3.63) is 23.9 Å². The first kappa shape index (κ1) is 22.0. The number of aromatic nitrogens is 1. The number of hydrogen-bond acceptors (Lipinski definition) is 4. The molecule has 1 N–H and O–H groups in total. The van der Waals surface area contributed by atoms with Crippen LogP contribution in [0.4, 0.5) is 0 Å². The van der Waals surface area contributed by atoms with E-state index in [-0.39, 0.29) is 24.0 Å². The maximum Gasteiger partial charge on any atom is 0.218 e.